The van der Waals surface area contributed by atoms with E-state index in [4.69, 9.17) is 5.73 Å². The first-order valence-corrected chi connectivity index (χ1v) is 5.35. The van der Waals surface area contributed by atoms with Crippen molar-refractivity contribution in [3.05, 3.63) is 24.0 Å². The molecule has 2 rings (SSSR count). The van der Waals surface area contributed by atoms with Crippen molar-refractivity contribution >= 4 is 11.6 Å². The van der Waals surface area contributed by atoms with Gasteiger partial charge in [0.15, 0.2) is 0 Å². The fraction of sp³-hybridized carbons (Fsp3) is 0.455. The summed E-state index contributed by atoms with van der Waals surface area (Å²) in [4.78, 5) is 17.0. The summed E-state index contributed by atoms with van der Waals surface area (Å²) < 4.78 is 0. The van der Waals surface area contributed by atoms with E-state index >= 15 is 0 Å². The molecular weight excluding hydrogens is 206 g/mol. The van der Waals surface area contributed by atoms with Crippen LogP contribution >= 0.6 is 0 Å². The Morgan fingerprint density at radius 1 is 1.69 bits per heavy atom. The molecule has 1 aliphatic rings. The van der Waals surface area contributed by atoms with E-state index in [1.54, 1.807) is 12.3 Å². The fourth-order valence-corrected chi connectivity index (χ4v) is 2.10. The van der Waals surface area contributed by atoms with Gasteiger partial charge in [0.05, 0.1) is 12.6 Å². The lowest BCUT2D eigenvalue weighted by molar-refractivity contribution is 0.0995. The van der Waals surface area contributed by atoms with Crippen LogP contribution in [0, 0.1) is 0 Å². The molecule has 5 nitrogen and oxygen atoms in total. The van der Waals surface area contributed by atoms with E-state index < -0.39 is 5.91 Å². The van der Waals surface area contributed by atoms with E-state index in [9.17, 15) is 9.90 Å². The van der Waals surface area contributed by atoms with Crippen molar-refractivity contribution in [2.24, 2.45) is 5.73 Å². The van der Waals surface area contributed by atoms with Crippen molar-refractivity contribution in [1.82, 2.24) is 4.98 Å². The van der Waals surface area contributed by atoms with Crippen molar-refractivity contribution in [3.8, 4) is 0 Å². The number of rotatable bonds is 3. The maximum absolute atomic E-state index is 11.0. The molecule has 0 aromatic carbocycles. The molecule has 1 unspecified atom stereocenters. The number of nitrogens with two attached hydrogens (primary N) is 1. The molecule has 2 heterocycles. The number of primary amides is 1. The van der Waals surface area contributed by atoms with Crippen LogP contribution in [-0.4, -0.2) is 35.2 Å². The van der Waals surface area contributed by atoms with Crippen LogP contribution in [0.15, 0.2) is 18.3 Å². The molecule has 1 aromatic rings. The molecule has 3 N–H and O–H groups in total. The van der Waals surface area contributed by atoms with Gasteiger partial charge >= 0.3 is 0 Å². The number of carbonyl (C=O) groups is 1. The van der Waals surface area contributed by atoms with Gasteiger partial charge < -0.3 is 15.7 Å². The summed E-state index contributed by atoms with van der Waals surface area (Å²) >= 11 is 0. The van der Waals surface area contributed by atoms with Gasteiger partial charge in [0, 0.05) is 18.4 Å². The van der Waals surface area contributed by atoms with Crippen molar-refractivity contribution < 1.29 is 9.90 Å². The summed E-state index contributed by atoms with van der Waals surface area (Å²) in [7, 11) is 0. The first-order chi connectivity index (χ1) is 7.72. The Morgan fingerprint density at radius 3 is 3.19 bits per heavy atom. The smallest absolute Gasteiger partial charge is 0.267 e. The average molecular weight is 221 g/mol. The number of anilines is 1. The number of aliphatic hydroxyl groups is 1. The number of hydrogen-bond acceptors (Lipinski definition) is 4. The largest absolute Gasteiger partial charge is 0.394 e. The topological polar surface area (TPSA) is 79.5 Å². The number of pyridine rings is 1. The first-order valence-electron chi connectivity index (χ1n) is 5.35. The zero-order valence-electron chi connectivity index (χ0n) is 8.97. The second kappa shape index (κ2) is 4.49. The van der Waals surface area contributed by atoms with Crippen LogP contribution < -0.4 is 10.6 Å². The van der Waals surface area contributed by atoms with E-state index in [0.717, 1.165) is 25.1 Å². The third-order valence-corrected chi connectivity index (χ3v) is 2.92. The van der Waals surface area contributed by atoms with Crippen LogP contribution in [0.4, 0.5) is 5.69 Å². The van der Waals surface area contributed by atoms with Gasteiger partial charge in [0.1, 0.15) is 5.69 Å². The lowest BCUT2D eigenvalue weighted by atomic mass is 10.2. The molecule has 0 saturated carbocycles. The predicted octanol–water partition coefficient (Wildman–Crippen LogP) is 0.142. The van der Waals surface area contributed by atoms with E-state index in [0.29, 0.717) is 0 Å². The molecule has 5 heteroatoms. The quantitative estimate of drug-likeness (QED) is 0.761. The number of hydrogen-bond donors (Lipinski definition) is 2. The number of amides is 1. The summed E-state index contributed by atoms with van der Waals surface area (Å²) in [6, 6.07) is 3.65. The van der Waals surface area contributed by atoms with Crippen molar-refractivity contribution in [2.45, 2.75) is 18.9 Å². The van der Waals surface area contributed by atoms with Crippen molar-refractivity contribution in [3.63, 3.8) is 0 Å². The molecular formula is C11H15N3O2. The summed E-state index contributed by atoms with van der Waals surface area (Å²) in [6.07, 6.45) is 3.60. The van der Waals surface area contributed by atoms with E-state index in [1.165, 1.54) is 0 Å². The monoisotopic (exact) mass is 221 g/mol. The highest BCUT2D eigenvalue weighted by atomic mass is 16.3. The maximum atomic E-state index is 11.0. The van der Waals surface area contributed by atoms with Gasteiger partial charge in [-0.15, -0.1) is 0 Å². The Hall–Kier alpha value is -1.62. The second-order valence-electron chi connectivity index (χ2n) is 3.94. The molecule has 0 radical (unpaired) electrons. The van der Waals surface area contributed by atoms with Crippen molar-refractivity contribution in [1.29, 1.82) is 0 Å². The number of aliphatic hydroxyl groups excluding tert-OH is 1. The molecule has 1 aromatic heterocycles. The molecule has 1 amide bonds. The highest BCUT2D eigenvalue weighted by molar-refractivity contribution is 5.91. The third-order valence-electron chi connectivity index (χ3n) is 2.92. The maximum Gasteiger partial charge on any atom is 0.267 e. The van der Waals surface area contributed by atoms with Crippen LogP contribution in [0.1, 0.15) is 23.3 Å². The fourth-order valence-electron chi connectivity index (χ4n) is 2.10. The van der Waals surface area contributed by atoms with E-state index in [1.807, 2.05) is 6.07 Å². The van der Waals surface area contributed by atoms with Crippen LogP contribution in [0.5, 0.6) is 0 Å². The summed E-state index contributed by atoms with van der Waals surface area (Å²) in [6.45, 7) is 1.03. The molecule has 16 heavy (non-hydrogen) atoms. The van der Waals surface area contributed by atoms with Gasteiger partial charge in [0.2, 0.25) is 0 Å². The van der Waals surface area contributed by atoms with Crippen LogP contribution in [-0.2, 0) is 0 Å². The molecule has 0 aliphatic carbocycles. The molecule has 0 spiro atoms. The van der Waals surface area contributed by atoms with E-state index in [-0.39, 0.29) is 18.3 Å². The van der Waals surface area contributed by atoms with Crippen LogP contribution in [0.3, 0.4) is 0 Å². The zero-order chi connectivity index (χ0) is 11.5. The van der Waals surface area contributed by atoms with Gasteiger partial charge in [-0.3, -0.25) is 9.78 Å². The second-order valence-corrected chi connectivity index (χ2v) is 3.94. The lowest BCUT2D eigenvalue weighted by Gasteiger charge is -2.25. The Morgan fingerprint density at radius 2 is 2.50 bits per heavy atom. The Bertz CT molecular complexity index is 395. The van der Waals surface area contributed by atoms with Gasteiger partial charge in [0.25, 0.3) is 5.91 Å². The number of nitrogens with zero attached hydrogens (tertiary/aromatic N) is 2. The van der Waals surface area contributed by atoms with Gasteiger partial charge in [-0.2, -0.15) is 0 Å². The highest BCUT2D eigenvalue weighted by Crippen LogP contribution is 2.25. The molecule has 1 atom stereocenters. The third kappa shape index (κ3) is 1.99. The van der Waals surface area contributed by atoms with Crippen LogP contribution in [0.2, 0.25) is 0 Å². The number of aromatic nitrogens is 1. The van der Waals surface area contributed by atoms with Crippen molar-refractivity contribution in [2.75, 3.05) is 18.1 Å². The molecule has 1 aliphatic heterocycles. The van der Waals surface area contributed by atoms with Crippen LogP contribution in [0.25, 0.3) is 0 Å². The van der Waals surface area contributed by atoms with E-state index in [2.05, 4.69) is 9.88 Å². The lowest BCUT2D eigenvalue weighted by Crippen LogP contribution is -2.32. The Labute approximate surface area is 93.9 Å². The SMILES string of the molecule is NC(=O)c1cc(N2CCCC2CO)ccn1. The van der Waals surface area contributed by atoms with Gasteiger partial charge in [-0.25, -0.2) is 0 Å². The minimum atomic E-state index is -0.526. The minimum Gasteiger partial charge on any atom is -0.394 e. The summed E-state index contributed by atoms with van der Waals surface area (Å²) in [5.74, 6) is -0.526. The average Bonchev–Trinajstić information content (AvgIpc) is 2.77. The first kappa shape index (κ1) is 10.9. The molecule has 1 saturated heterocycles. The predicted molar refractivity (Wildman–Crippen MR) is 60.2 cm³/mol. The minimum absolute atomic E-state index is 0.133. The Kier molecular flexibility index (Phi) is 3.05. The Balaban J connectivity index is 2.26. The summed E-state index contributed by atoms with van der Waals surface area (Å²) in [5, 5.41) is 9.23. The highest BCUT2D eigenvalue weighted by Gasteiger charge is 2.24. The van der Waals surface area contributed by atoms with Gasteiger partial charge in [-0.1, -0.05) is 0 Å². The normalized spacial score (nSPS) is 20.1. The number of carbonyl (C=O) groups excluding carboxylic acids is 1. The molecule has 0 bridgehead atoms. The molecule has 86 valence electrons. The zero-order valence-corrected chi connectivity index (χ0v) is 8.97. The molecule has 1 fully saturated rings. The summed E-state index contributed by atoms with van der Waals surface area (Å²) in [5.41, 5.74) is 6.35. The standard InChI is InChI=1S/C11H15N3O2/c12-11(16)10-6-8(3-4-13-10)14-5-1-2-9(14)7-15/h3-4,6,9,15H,1-2,5,7H2,(H2,12,16). The van der Waals surface area contributed by atoms with Gasteiger partial charge in [-0.05, 0) is 25.0 Å².